The molecule has 0 saturated heterocycles. The van der Waals surface area contributed by atoms with Gasteiger partial charge in [0.25, 0.3) is 0 Å². The largest absolute Gasteiger partial charge is 0.196 e. The van der Waals surface area contributed by atoms with Crippen LogP contribution in [0.4, 0.5) is 0 Å². The van der Waals surface area contributed by atoms with Gasteiger partial charge in [-0.3, -0.25) is 0 Å². The molecule has 0 spiro atoms. The van der Waals surface area contributed by atoms with Crippen LogP contribution in [0.15, 0.2) is 23.8 Å². The number of nitriles is 4. The second-order valence-corrected chi connectivity index (χ2v) is 5.52. The summed E-state index contributed by atoms with van der Waals surface area (Å²) in [6, 6.07) is 8.08. The van der Waals surface area contributed by atoms with Gasteiger partial charge in [0, 0.05) is 11.8 Å². The van der Waals surface area contributed by atoms with Gasteiger partial charge in [-0.15, -0.1) is 0 Å². The van der Waals surface area contributed by atoms with Crippen molar-refractivity contribution in [1.29, 1.82) is 21.0 Å². The average Bonchev–Trinajstić information content (AvgIpc) is 3.03. The molecule has 0 aromatic carbocycles. The lowest BCUT2D eigenvalue weighted by molar-refractivity contribution is 0.284. The smallest absolute Gasteiger partial charge is 0.182 e. The van der Waals surface area contributed by atoms with Crippen molar-refractivity contribution in [2.45, 2.75) is 6.92 Å². The van der Waals surface area contributed by atoms with Gasteiger partial charge in [0.1, 0.15) is 0 Å². The van der Waals surface area contributed by atoms with Gasteiger partial charge in [0.15, 0.2) is 10.8 Å². The molecule has 0 heterocycles. The van der Waals surface area contributed by atoms with E-state index in [0.29, 0.717) is 0 Å². The Morgan fingerprint density at radius 2 is 1.53 bits per heavy atom. The monoisotopic (exact) mass is 246 g/mol. The van der Waals surface area contributed by atoms with Gasteiger partial charge in [-0.1, -0.05) is 23.8 Å². The van der Waals surface area contributed by atoms with Crippen LogP contribution in [-0.4, -0.2) is 0 Å². The second-order valence-electron chi connectivity index (χ2n) is 5.52. The van der Waals surface area contributed by atoms with E-state index in [9.17, 15) is 21.0 Å². The first-order valence-electron chi connectivity index (χ1n) is 6.13. The van der Waals surface area contributed by atoms with E-state index >= 15 is 0 Å². The van der Waals surface area contributed by atoms with E-state index in [0.717, 1.165) is 5.57 Å². The average molecular weight is 246 g/mol. The number of rotatable bonds is 0. The van der Waals surface area contributed by atoms with Crippen molar-refractivity contribution in [3.05, 3.63) is 23.8 Å². The van der Waals surface area contributed by atoms with Gasteiger partial charge in [-0.2, -0.15) is 21.0 Å². The summed E-state index contributed by atoms with van der Waals surface area (Å²) in [6.45, 7) is 1.89. The van der Waals surface area contributed by atoms with E-state index in [-0.39, 0.29) is 23.7 Å². The van der Waals surface area contributed by atoms with Crippen molar-refractivity contribution in [3.63, 3.8) is 0 Å². The summed E-state index contributed by atoms with van der Waals surface area (Å²) < 4.78 is 0. The molecule has 1 saturated carbocycles. The highest BCUT2D eigenvalue weighted by molar-refractivity contribution is 5.50. The van der Waals surface area contributed by atoms with Gasteiger partial charge < -0.3 is 0 Å². The molecular weight excluding hydrogens is 236 g/mol. The normalized spacial score (nSPS) is 38.5. The zero-order valence-corrected chi connectivity index (χ0v) is 10.3. The van der Waals surface area contributed by atoms with Crippen molar-refractivity contribution in [3.8, 4) is 24.3 Å². The molecule has 0 amide bonds. The molecule has 0 aliphatic heterocycles. The van der Waals surface area contributed by atoms with Crippen LogP contribution in [0.3, 0.4) is 0 Å². The predicted molar refractivity (Wildman–Crippen MR) is 64.2 cm³/mol. The topological polar surface area (TPSA) is 95.2 Å². The summed E-state index contributed by atoms with van der Waals surface area (Å²) in [5, 5.41) is 38.3. The quantitative estimate of drug-likeness (QED) is 0.611. The molecule has 4 nitrogen and oxygen atoms in total. The Kier molecular flexibility index (Phi) is 1.98. The van der Waals surface area contributed by atoms with E-state index in [1.54, 1.807) is 0 Å². The highest BCUT2D eigenvalue weighted by Gasteiger charge is 2.74. The highest BCUT2D eigenvalue weighted by atomic mass is 14.7. The zero-order valence-electron chi connectivity index (χ0n) is 10.3. The van der Waals surface area contributed by atoms with Crippen LogP contribution in [0, 0.1) is 79.8 Å². The second kappa shape index (κ2) is 3.26. The third-order valence-electron chi connectivity index (χ3n) is 5.02. The summed E-state index contributed by atoms with van der Waals surface area (Å²) in [5.74, 6) is -0.476. The summed E-state index contributed by atoms with van der Waals surface area (Å²) >= 11 is 0. The molecule has 0 unspecified atom stereocenters. The van der Waals surface area contributed by atoms with E-state index < -0.39 is 10.8 Å². The molecule has 0 aromatic rings. The molecule has 0 aromatic heterocycles. The summed E-state index contributed by atoms with van der Waals surface area (Å²) in [5.41, 5.74) is -2.17. The molecule has 1 fully saturated rings. The molecule has 3 rings (SSSR count). The SMILES string of the molecule is CC1=C[C@@H]2C=C[C@@H]3[C@@H]2[C@H]1C(C#N)(C#N)C3(C#N)C#N. The van der Waals surface area contributed by atoms with Crippen LogP contribution in [0.1, 0.15) is 6.92 Å². The molecule has 90 valence electrons. The molecule has 0 radical (unpaired) electrons. The van der Waals surface area contributed by atoms with E-state index in [1.807, 2.05) is 43.4 Å². The molecule has 3 aliphatic carbocycles. The molecule has 3 aliphatic rings. The number of hydrogen-bond acceptors (Lipinski definition) is 4. The summed E-state index contributed by atoms with van der Waals surface area (Å²) in [7, 11) is 0. The lowest BCUT2D eigenvalue weighted by atomic mass is 9.62. The Morgan fingerprint density at radius 3 is 2.05 bits per heavy atom. The fourth-order valence-electron chi connectivity index (χ4n) is 4.31. The molecule has 0 N–H and O–H groups in total. The van der Waals surface area contributed by atoms with Crippen LogP contribution in [-0.2, 0) is 0 Å². The fourth-order valence-corrected chi connectivity index (χ4v) is 4.31. The van der Waals surface area contributed by atoms with Crippen LogP contribution in [0.2, 0.25) is 0 Å². The van der Waals surface area contributed by atoms with Gasteiger partial charge in [-0.05, 0) is 18.8 Å². The van der Waals surface area contributed by atoms with Crippen molar-refractivity contribution >= 4 is 0 Å². The van der Waals surface area contributed by atoms with Crippen molar-refractivity contribution in [2.75, 3.05) is 0 Å². The van der Waals surface area contributed by atoms with Gasteiger partial charge in [0.2, 0.25) is 0 Å². The Hall–Kier alpha value is -2.56. The van der Waals surface area contributed by atoms with Crippen molar-refractivity contribution in [2.24, 2.45) is 34.5 Å². The van der Waals surface area contributed by atoms with Crippen LogP contribution in [0.5, 0.6) is 0 Å². The van der Waals surface area contributed by atoms with Gasteiger partial charge >= 0.3 is 0 Å². The molecule has 0 bridgehead atoms. The number of nitrogens with zero attached hydrogens (tertiary/aromatic N) is 4. The molecular formula is C15H10N4. The molecule has 19 heavy (non-hydrogen) atoms. The zero-order chi connectivity index (χ0) is 13.8. The van der Waals surface area contributed by atoms with E-state index in [1.165, 1.54) is 0 Å². The highest BCUT2D eigenvalue weighted by Crippen LogP contribution is 2.69. The number of allylic oxidation sites excluding steroid dienone is 4. The maximum absolute atomic E-state index is 9.58. The first-order chi connectivity index (χ1) is 9.11. The van der Waals surface area contributed by atoms with Crippen molar-refractivity contribution in [1.82, 2.24) is 0 Å². The van der Waals surface area contributed by atoms with Crippen LogP contribution in [0.25, 0.3) is 0 Å². The standard InChI is InChI=1S/C15H10N4/c1-9-4-10-2-3-11-12(10)13(9)15(7-18,8-19)14(11,5-16)6-17/h2-4,10-13H,1H3/t10-,11+,12+,13-/m0/s1. The van der Waals surface area contributed by atoms with E-state index in [4.69, 9.17) is 0 Å². The lowest BCUT2D eigenvalue weighted by Gasteiger charge is -2.29. The van der Waals surface area contributed by atoms with Crippen LogP contribution < -0.4 is 0 Å². The van der Waals surface area contributed by atoms with Gasteiger partial charge in [-0.25, -0.2) is 0 Å². The maximum atomic E-state index is 9.58. The first kappa shape index (κ1) is 11.5. The Morgan fingerprint density at radius 1 is 0.947 bits per heavy atom. The summed E-state index contributed by atoms with van der Waals surface area (Å²) in [6.07, 6.45) is 5.92. The Bertz CT molecular complexity index is 658. The van der Waals surface area contributed by atoms with E-state index in [2.05, 4.69) is 6.08 Å². The maximum Gasteiger partial charge on any atom is 0.182 e. The minimum absolute atomic E-state index is 0.0126. The van der Waals surface area contributed by atoms with Gasteiger partial charge in [0.05, 0.1) is 24.3 Å². The van der Waals surface area contributed by atoms with Crippen LogP contribution >= 0.6 is 0 Å². The Labute approximate surface area is 111 Å². The fraction of sp³-hybridized carbons (Fsp3) is 0.467. The summed E-state index contributed by atoms with van der Waals surface area (Å²) in [4.78, 5) is 0. The lowest BCUT2D eigenvalue weighted by Crippen LogP contribution is -2.40. The first-order valence-corrected chi connectivity index (χ1v) is 6.13. The molecule has 4 atom stereocenters. The third kappa shape index (κ3) is 0.907. The minimum Gasteiger partial charge on any atom is -0.196 e. The number of hydrogen-bond donors (Lipinski definition) is 0. The Balaban J connectivity index is 2.36. The predicted octanol–water partition coefficient (Wildman–Crippen LogP) is 2.06. The van der Waals surface area contributed by atoms with Crippen molar-refractivity contribution < 1.29 is 0 Å². The third-order valence-corrected chi connectivity index (χ3v) is 5.02. The minimum atomic E-state index is -1.56. The molecule has 4 heteroatoms.